The molecule has 0 fully saturated rings. The van der Waals surface area contributed by atoms with Gasteiger partial charge in [0.05, 0.1) is 18.3 Å². The summed E-state index contributed by atoms with van der Waals surface area (Å²) in [4.78, 5) is 25.0. The highest BCUT2D eigenvalue weighted by molar-refractivity contribution is 5.94. The molecule has 4 rings (SSSR count). The Labute approximate surface area is 163 Å². The fourth-order valence-electron chi connectivity index (χ4n) is 3.13. The number of nitrogens with one attached hydrogen (secondary N) is 2. The van der Waals surface area contributed by atoms with Crippen LogP contribution in [0.5, 0.6) is 0 Å². The lowest BCUT2D eigenvalue weighted by atomic mass is 10.0. The first-order chi connectivity index (χ1) is 14.7. The van der Waals surface area contributed by atoms with E-state index in [9.17, 15) is 14.0 Å². The van der Waals surface area contributed by atoms with Crippen molar-refractivity contribution in [3.05, 3.63) is 88.4 Å². The van der Waals surface area contributed by atoms with Crippen LogP contribution in [-0.2, 0) is 6.54 Å². The van der Waals surface area contributed by atoms with Gasteiger partial charge in [-0.2, -0.15) is 9.49 Å². The molecule has 1 amide bonds. The van der Waals surface area contributed by atoms with E-state index in [1.165, 1.54) is 16.8 Å². The van der Waals surface area contributed by atoms with Crippen molar-refractivity contribution in [2.24, 2.45) is 0 Å². The standard InChI is InChI=1S/C21H17FN4O2/c1-23-20(27)16-4-2-3-13(9-16)12-26-8-7-15-10-14(5-6-17(15)21(26)28)18-11-24-25-19(18)22/h2-11H,12H2,1H3,(H,23,27)(H,24,25)/i1D3. The zero-order valence-corrected chi connectivity index (χ0v) is 14.6. The van der Waals surface area contributed by atoms with Crippen molar-refractivity contribution in [1.29, 1.82) is 0 Å². The number of carbonyl (C=O) groups is 1. The fraction of sp³-hybridized carbons (Fsp3) is 0.0952. The van der Waals surface area contributed by atoms with Crippen molar-refractivity contribution < 1.29 is 13.3 Å². The molecule has 0 atom stereocenters. The van der Waals surface area contributed by atoms with Gasteiger partial charge in [-0.25, -0.2) is 0 Å². The summed E-state index contributed by atoms with van der Waals surface area (Å²) < 4.78 is 36.7. The van der Waals surface area contributed by atoms with Crippen LogP contribution in [0.2, 0.25) is 0 Å². The van der Waals surface area contributed by atoms with Crippen molar-refractivity contribution >= 4 is 16.7 Å². The SMILES string of the molecule is [2H]C([2H])([2H])NC(=O)c1cccc(Cn2ccc3cc(-c4cn[nH]c4F)ccc3c2=O)c1. The van der Waals surface area contributed by atoms with E-state index >= 15 is 0 Å². The number of aromatic nitrogens is 3. The summed E-state index contributed by atoms with van der Waals surface area (Å²) in [5.41, 5.74) is 1.53. The molecular weight excluding hydrogens is 359 g/mol. The molecule has 0 radical (unpaired) electrons. The molecule has 7 heteroatoms. The number of rotatable bonds is 4. The van der Waals surface area contributed by atoms with Gasteiger partial charge in [-0.05, 0) is 46.8 Å². The Balaban J connectivity index is 1.63. The number of fused-ring (bicyclic) bond motifs is 1. The number of hydrogen-bond donors (Lipinski definition) is 2. The molecule has 0 spiro atoms. The number of pyridine rings is 1. The number of nitrogens with zero attached hydrogens (tertiary/aromatic N) is 2. The van der Waals surface area contributed by atoms with E-state index in [2.05, 4.69) is 10.2 Å². The van der Waals surface area contributed by atoms with Gasteiger partial charge in [0.15, 0.2) is 0 Å². The van der Waals surface area contributed by atoms with Crippen LogP contribution < -0.4 is 10.9 Å². The number of benzene rings is 2. The number of aromatic amines is 1. The van der Waals surface area contributed by atoms with E-state index in [0.29, 0.717) is 27.5 Å². The lowest BCUT2D eigenvalue weighted by Crippen LogP contribution is -2.21. The maximum Gasteiger partial charge on any atom is 0.258 e. The average molecular weight is 379 g/mol. The van der Waals surface area contributed by atoms with E-state index in [0.717, 1.165) is 0 Å². The molecule has 2 heterocycles. The predicted octanol–water partition coefficient (Wildman–Crippen LogP) is 2.94. The van der Waals surface area contributed by atoms with Crippen LogP contribution in [0.25, 0.3) is 21.9 Å². The van der Waals surface area contributed by atoms with Crippen molar-refractivity contribution in [1.82, 2.24) is 20.1 Å². The molecule has 0 saturated carbocycles. The number of hydrogen-bond acceptors (Lipinski definition) is 3. The van der Waals surface area contributed by atoms with Gasteiger partial charge in [-0.1, -0.05) is 18.2 Å². The Bertz CT molecular complexity index is 1340. The van der Waals surface area contributed by atoms with Crippen molar-refractivity contribution in [2.45, 2.75) is 6.54 Å². The minimum atomic E-state index is -2.58. The Morgan fingerprint density at radius 3 is 2.96 bits per heavy atom. The maximum absolute atomic E-state index is 13.8. The fourth-order valence-corrected chi connectivity index (χ4v) is 3.13. The lowest BCUT2D eigenvalue weighted by molar-refractivity contribution is 0.0963. The molecule has 140 valence electrons. The summed E-state index contributed by atoms with van der Waals surface area (Å²) in [5, 5.41) is 8.98. The zero-order valence-electron chi connectivity index (χ0n) is 17.6. The second-order valence-electron chi connectivity index (χ2n) is 6.30. The summed E-state index contributed by atoms with van der Waals surface area (Å²) in [6, 6.07) is 13.2. The number of halogens is 1. The monoisotopic (exact) mass is 379 g/mol. The van der Waals surface area contributed by atoms with Gasteiger partial charge in [0, 0.05) is 28.2 Å². The van der Waals surface area contributed by atoms with Crippen LogP contribution in [0, 0.1) is 5.95 Å². The van der Waals surface area contributed by atoms with Crippen LogP contribution in [0.4, 0.5) is 4.39 Å². The van der Waals surface area contributed by atoms with Crippen molar-refractivity contribution in [3.8, 4) is 11.1 Å². The van der Waals surface area contributed by atoms with Crippen LogP contribution in [-0.4, -0.2) is 27.6 Å². The third-order valence-electron chi connectivity index (χ3n) is 4.54. The Morgan fingerprint density at radius 1 is 1.29 bits per heavy atom. The number of carbonyl (C=O) groups excluding carboxylic acids is 1. The second kappa shape index (κ2) is 7.11. The van der Waals surface area contributed by atoms with E-state index in [4.69, 9.17) is 4.11 Å². The third kappa shape index (κ3) is 3.18. The Morgan fingerprint density at radius 2 is 2.18 bits per heavy atom. The van der Waals surface area contributed by atoms with E-state index in [1.54, 1.807) is 48.7 Å². The molecule has 2 aromatic heterocycles. The van der Waals surface area contributed by atoms with Crippen molar-refractivity contribution in [3.63, 3.8) is 0 Å². The van der Waals surface area contributed by atoms with Gasteiger partial charge in [0.25, 0.3) is 11.5 Å². The lowest BCUT2D eigenvalue weighted by Gasteiger charge is -2.09. The molecule has 0 aliphatic heterocycles. The maximum atomic E-state index is 13.8. The van der Waals surface area contributed by atoms with Gasteiger partial charge in [0.2, 0.25) is 5.95 Å². The summed E-state index contributed by atoms with van der Waals surface area (Å²) in [6.45, 7) is -2.39. The smallest absolute Gasteiger partial charge is 0.258 e. The molecule has 0 unspecified atom stereocenters. The first-order valence-electron chi connectivity index (χ1n) is 9.95. The first kappa shape index (κ1) is 14.3. The van der Waals surface area contributed by atoms with Crippen LogP contribution in [0.1, 0.15) is 20.0 Å². The Hall–Kier alpha value is -3.74. The van der Waals surface area contributed by atoms with E-state index in [1.807, 2.05) is 5.32 Å². The highest BCUT2D eigenvalue weighted by atomic mass is 19.1. The molecular formula is C21H17FN4O2. The predicted molar refractivity (Wildman–Crippen MR) is 105 cm³/mol. The highest BCUT2D eigenvalue weighted by Gasteiger charge is 2.10. The molecule has 0 saturated heterocycles. The minimum absolute atomic E-state index is 0.189. The summed E-state index contributed by atoms with van der Waals surface area (Å²) in [5.74, 6) is -1.26. The molecule has 2 N–H and O–H groups in total. The van der Waals surface area contributed by atoms with Gasteiger partial charge >= 0.3 is 0 Å². The van der Waals surface area contributed by atoms with Gasteiger partial charge in [0.1, 0.15) is 0 Å². The van der Waals surface area contributed by atoms with Gasteiger partial charge in [-0.15, -0.1) is 0 Å². The van der Waals surface area contributed by atoms with Crippen molar-refractivity contribution in [2.75, 3.05) is 6.98 Å². The quantitative estimate of drug-likeness (QED) is 0.572. The largest absolute Gasteiger partial charge is 0.355 e. The average Bonchev–Trinajstić information content (AvgIpc) is 3.15. The minimum Gasteiger partial charge on any atom is -0.355 e. The van der Waals surface area contributed by atoms with Gasteiger partial charge < -0.3 is 9.88 Å². The van der Waals surface area contributed by atoms with Crippen LogP contribution >= 0.6 is 0 Å². The Kier molecular flexibility index (Phi) is 3.64. The summed E-state index contributed by atoms with van der Waals surface area (Å²) in [7, 11) is 0. The topological polar surface area (TPSA) is 79.8 Å². The molecule has 28 heavy (non-hydrogen) atoms. The van der Waals surface area contributed by atoms with Gasteiger partial charge in [-0.3, -0.25) is 14.7 Å². The van der Waals surface area contributed by atoms with Crippen LogP contribution in [0.15, 0.2) is 65.7 Å². The summed E-state index contributed by atoms with van der Waals surface area (Å²) >= 11 is 0. The zero-order chi connectivity index (χ0) is 22.2. The summed E-state index contributed by atoms with van der Waals surface area (Å²) in [6.07, 6.45) is 3.00. The molecule has 2 aromatic carbocycles. The van der Waals surface area contributed by atoms with E-state index < -0.39 is 18.8 Å². The molecule has 0 aliphatic carbocycles. The molecule has 6 nitrogen and oxygen atoms in total. The molecule has 4 aromatic rings. The second-order valence-corrected chi connectivity index (χ2v) is 6.30. The van der Waals surface area contributed by atoms with Crippen LogP contribution in [0.3, 0.4) is 0 Å². The number of H-pyrrole nitrogens is 1. The molecule has 0 aliphatic rings. The highest BCUT2D eigenvalue weighted by Crippen LogP contribution is 2.24. The molecule has 0 bridgehead atoms. The van der Waals surface area contributed by atoms with E-state index in [-0.39, 0.29) is 17.7 Å². The third-order valence-corrected chi connectivity index (χ3v) is 4.54. The normalized spacial score (nSPS) is 13.0. The first-order valence-corrected chi connectivity index (χ1v) is 8.45. The number of amides is 1.